The van der Waals surface area contributed by atoms with Crippen LogP contribution >= 0.6 is 0 Å². The molecule has 10 heteroatoms. The molecule has 0 saturated carbocycles. The number of aromatic nitrogens is 2. The van der Waals surface area contributed by atoms with Crippen LogP contribution in [0.15, 0.2) is 54.7 Å². The maximum Gasteiger partial charge on any atom is 0.410 e. The molecule has 1 aromatic heterocycles. The Morgan fingerprint density at radius 1 is 1.08 bits per heavy atom. The first-order valence-electron chi connectivity index (χ1n) is 12.8. The van der Waals surface area contributed by atoms with E-state index in [0.717, 1.165) is 33.6 Å². The van der Waals surface area contributed by atoms with Crippen LogP contribution in [0, 0.1) is 0 Å². The fraction of sp³-hybridized carbons (Fsp3) is 0.379. The van der Waals surface area contributed by atoms with E-state index in [4.69, 9.17) is 9.47 Å². The second-order valence-electron chi connectivity index (χ2n) is 10.6. The zero-order valence-corrected chi connectivity index (χ0v) is 23.1. The molecule has 0 fully saturated rings. The van der Waals surface area contributed by atoms with Crippen LogP contribution in [-0.4, -0.2) is 63.4 Å². The molecule has 2 heterocycles. The Hall–Kier alpha value is -4.34. The van der Waals surface area contributed by atoms with Crippen molar-refractivity contribution in [2.75, 3.05) is 25.5 Å². The van der Waals surface area contributed by atoms with Gasteiger partial charge in [0.05, 0.1) is 24.9 Å². The van der Waals surface area contributed by atoms with Crippen molar-refractivity contribution in [2.24, 2.45) is 7.05 Å². The lowest BCUT2D eigenvalue weighted by atomic mass is 10.0. The van der Waals surface area contributed by atoms with Gasteiger partial charge in [0.1, 0.15) is 12.2 Å². The molecule has 1 N–H and O–H groups in total. The second-order valence-corrected chi connectivity index (χ2v) is 10.6. The zero-order chi connectivity index (χ0) is 28.2. The summed E-state index contributed by atoms with van der Waals surface area (Å²) in [7, 11) is 3.45. The molecule has 3 aromatic rings. The number of hydrogen-bond donors (Lipinski definition) is 1. The molecule has 0 bridgehead atoms. The number of ether oxygens (including phenoxy) is 2. The monoisotopic (exact) mass is 533 g/mol. The molecule has 2 aromatic carbocycles. The molecule has 0 aliphatic carbocycles. The number of nitrogens with zero attached hydrogens (tertiary/aromatic N) is 4. The summed E-state index contributed by atoms with van der Waals surface area (Å²) in [6, 6.07) is 15.2. The van der Waals surface area contributed by atoms with Gasteiger partial charge in [0.25, 0.3) is 0 Å². The zero-order valence-electron chi connectivity index (χ0n) is 23.1. The summed E-state index contributed by atoms with van der Waals surface area (Å²) in [6.07, 6.45) is 1.10. The van der Waals surface area contributed by atoms with E-state index in [-0.39, 0.29) is 32.1 Å². The van der Waals surface area contributed by atoms with Gasteiger partial charge in [0.2, 0.25) is 5.91 Å². The summed E-state index contributed by atoms with van der Waals surface area (Å²) >= 11 is 0. The van der Waals surface area contributed by atoms with Crippen molar-refractivity contribution in [1.29, 1.82) is 0 Å². The third-order valence-corrected chi connectivity index (χ3v) is 6.32. The normalized spacial score (nSPS) is 12.5. The van der Waals surface area contributed by atoms with Gasteiger partial charge in [-0.05, 0) is 49.6 Å². The summed E-state index contributed by atoms with van der Waals surface area (Å²) in [6.45, 7) is 6.21. The van der Waals surface area contributed by atoms with E-state index in [2.05, 4.69) is 10.4 Å². The number of likely N-dealkylation sites (N-methyl/N-ethyl adjacent to an activating group) is 1. The van der Waals surface area contributed by atoms with Crippen LogP contribution in [0.4, 0.5) is 15.3 Å². The summed E-state index contributed by atoms with van der Waals surface area (Å²) in [4.78, 5) is 40.6. The highest BCUT2D eigenvalue weighted by Crippen LogP contribution is 2.31. The Morgan fingerprint density at radius 2 is 1.82 bits per heavy atom. The van der Waals surface area contributed by atoms with E-state index in [1.807, 2.05) is 55.6 Å². The number of carbonyl (C=O) groups is 3. The highest BCUT2D eigenvalue weighted by Gasteiger charge is 2.25. The summed E-state index contributed by atoms with van der Waals surface area (Å²) in [5.41, 5.74) is 4.52. The van der Waals surface area contributed by atoms with Gasteiger partial charge in [0, 0.05) is 38.4 Å². The van der Waals surface area contributed by atoms with Crippen LogP contribution < -0.4 is 5.32 Å². The lowest BCUT2D eigenvalue weighted by Gasteiger charge is -2.28. The number of amides is 3. The molecule has 4 rings (SSSR count). The molecule has 1 aliphatic rings. The average molecular weight is 534 g/mol. The molecule has 0 saturated heterocycles. The van der Waals surface area contributed by atoms with E-state index in [1.54, 1.807) is 43.6 Å². The van der Waals surface area contributed by atoms with Crippen LogP contribution in [0.25, 0.3) is 11.1 Å². The number of hydrogen-bond acceptors (Lipinski definition) is 6. The van der Waals surface area contributed by atoms with Gasteiger partial charge in [-0.25, -0.2) is 9.59 Å². The van der Waals surface area contributed by atoms with Gasteiger partial charge in [-0.2, -0.15) is 5.10 Å². The first kappa shape index (κ1) is 27.7. The molecule has 1 aliphatic heterocycles. The Balaban J connectivity index is 1.54. The van der Waals surface area contributed by atoms with E-state index >= 15 is 0 Å². The van der Waals surface area contributed by atoms with Gasteiger partial charge in [-0.1, -0.05) is 36.4 Å². The van der Waals surface area contributed by atoms with Crippen molar-refractivity contribution in [3.05, 3.63) is 71.5 Å². The number of fused-ring (bicyclic) bond motifs is 1. The predicted molar refractivity (Wildman–Crippen MR) is 147 cm³/mol. The van der Waals surface area contributed by atoms with Crippen LogP contribution in [0.5, 0.6) is 0 Å². The third kappa shape index (κ3) is 7.16. The van der Waals surface area contributed by atoms with Gasteiger partial charge in [-0.15, -0.1) is 0 Å². The number of nitrogens with one attached hydrogen (secondary N) is 1. The SMILES string of the molecule is CN(CCN(Cc1c(-c2ccc3c(c2)CC(=O)N3)cnn1C)C(=O)OCc1ccccc1)C(=O)OC(C)(C)C. The minimum atomic E-state index is -0.626. The van der Waals surface area contributed by atoms with E-state index < -0.39 is 17.8 Å². The van der Waals surface area contributed by atoms with Gasteiger partial charge >= 0.3 is 12.2 Å². The molecule has 0 atom stereocenters. The fourth-order valence-electron chi connectivity index (χ4n) is 4.22. The van der Waals surface area contributed by atoms with E-state index in [9.17, 15) is 14.4 Å². The van der Waals surface area contributed by atoms with Gasteiger partial charge < -0.3 is 24.6 Å². The largest absolute Gasteiger partial charge is 0.445 e. The molecule has 3 amide bonds. The fourth-order valence-corrected chi connectivity index (χ4v) is 4.22. The molecule has 206 valence electrons. The smallest absolute Gasteiger partial charge is 0.410 e. The molecule has 39 heavy (non-hydrogen) atoms. The lowest BCUT2D eigenvalue weighted by Crippen LogP contribution is -2.41. The second kappa shape index (κ2) is 11.6. The van der Waals surface area contributed by atoms with Crippen LogP contribution in [-0.2, 0) is 40.9 Å². The first-order valence-corrected chi connectivity index (χ1v) is 12.8. The average Bonchev–Trinajstić information content (AvgIpc) is 3.44. The minimum absolute atomic E-state index is 0.0324. The van der Waals surface area contributed by atoms with E-state index in [0.29, 0.717) is 6.42 Å². The molecule has 0 unspecified atom stereocenters. The number of benzene rings is 2. The maximum atomic E-state index is 13.3. The quantitative estimate of drug-likeness (QED) is 0.454. The summed E-state index contributed by atoms with van der Waals surface area (Å²) < 4.78 is 12.8. The van der Waals surface area contributed by atoms with Crippen molar-refractivity contribution >= 4 is 23.8 Å². The number of rotatable bonds is 8. The highest BCUT2D eigenvalue weighted by molar-refractivity contribution is 5.99. The Labute approximate surface area is 228 Å². The molecule has 10 nitrogen and oxygen atoms in total. The van der Waals surface area contributed by atoms with Crippen molar-refractivity contribution in [3.8, 4) is 11.1 Å². The van der Waals surface area contributed by atoms with Crippen LogP contribution in [0.2, 0.25) is 0 Å². The van der Waals surface area contributed by atoms with Crippen molar-refractivity contribution in [3.63, 3.8) is 0 Å². The number of carbonyl (C=O) groups excluding carboxylic acids is 3. The summed E-state index contributed by atoms with van der Waals surface area (Å²) in [5.74, 6) is -0.0324. The molecular formula is C29H35N5O5. The lowest BCUT2D eigenvalue weighted by molar-refractivity contribution is -0.115. The van der Waals surface area contributed by atoms with Gasteiger partial charge in [-0.3, -0.25) is 9.48 Å². The first-order chi connectivity index (χ1) is 18.5. The molecular weight excluding hydrogens is 498 g/mol. The van der Waals surface area contributed by atoms with Crippen molar-refractivity contribution in [1.82, 2.24) is 19.6 Å². The molecule has 0 radical (unpaired) electrons. The van der Waals surface area contributed by atoms with E-state index in [1.165, 1.54) is 4.90 Å². The topological polar surface area (TPSA) is 106 Å². The predicted octanol–water partition coefficient (Wildman–Crippen LogP) is 4.59. The maximum absolute atomic E-state index is 13.3. The Bertz CT molecular complexity index is 1350. The van der Waals surface area contributed by atoms with Crippen LogP contribution in [0.1, 0.15) is 37.6 Å². The number of aryl methyl sites for hydroxylation is 1. The number of anilines is 1. The Kier molecular flexibility index (Phi) is 8.23. The highest BCUT2D eigenvalue weighted by atomic mass is 16.6. The third-order valence-electron chi connectivity index (χ3n) is 6.32. The van der Waals surface area contributed by atoms with Crippen LogP contribution in [0.3, 0.4) is 0 Å². The Morgan fingerprint density at radius 3 is 2.54 bits per heavy atom. The van der Waals surface area contributed by atoms with Crippen molar-refractivity contribution < 1.29 is 23.9 Å². The minimum Gasteiger partial charge on any atom is -0.445 e. The summed E-state index contributed by atoms with van der Waals surface area (Å²) in [5, 5.41) is 7.29. The van der Waals surface area contributed by atoms with Crippen molar-refractivity contribution in [2.45, 2.75) is 45.9 Å². The molecule has 0 spiro atoms. The van der Waals surface area contributed by atoms with Gasteiger partial charge in [0.15, 0.2) is 0 Å². The standard InChI is InChI=1S/C29H35N5O5/c1-29(2,3)39-27(36)32(4)13-14-34(28(37)38-19-20-9-7-6-8-10-20)18-25-23(17-30-33(25)5)21-11-12-24-22(15-21)16-26(35)31-24/h6-12,15,17H,13-14,16,18-19H2,1-5H3,(H,31,35).